The van der Waals surface area contributed by atoms with Crippen molar-refractivity contribution in [3.8, 4) is 11.1 Å². The van der Waals surface area contributed by atoms with Crippen LogP contribution in [0.3, 0.4) is 0 Å². The van der Waals surface area contributed by atoms with E-state index in [0.29, 0.717) is 13.1 Å². The molecule has 4 rings (SSSR count). The van der Waals surface area contributed by atoms with Gasteiger partial charge in [-0.1, -0.05) is 60.7 Å². The molecule has 0 unspecified atom stereocenters. The summed E-state index contributed by atoms with van der Waals surface area (Å²) < 4.78 is 5.52. The molecule has 0 atom stereocenters. The molecule has 3 aromatic carbocycles. The minimum absolute atomic E-state index is 0.230. The number of carbonyl (C=O) groups is 1. The molecule has 0 bridgehead atoms. The van der Waals surface area contributed by atoms with Crippen molar-refractivity contribution in [1.29, 1.82) is 0 Å². The molecule has 1 aliphatic heterocycles. The summed E-state index contributed by atoms with van der Waals surface area (Å²) in [6.07, 6.45) is 0.624. The molecule has 0 aliphatic carbocycles. The van der Waals surface area contributed by atoms with Gasteiger partial charge in [0.1, 0.15) is 5.60 Å². The first kappa shape index (κ1) is 17.6. The Hall–Kier alpha value is -2.81. The van der Waals surface area contributed by atoms with Gasteiger partial charge in [-0.3, -0.25) is 0 Å². The fourth-order valence-corrected chi connectivity index (χ4v) is 3.68. The van der Waals surface area contributed by atoms with Crippen molar-refractivity contribution in [3.05, 3.63) is 71.8 Å². The largest absolute Gasteiger partial charge is 0.444 e. The van der Waals surface area contributed by atoms with Crippen LogP contribution in [0, 0.1) is 0 Å². The Labute approximate surface area is 160 Å². The van der Waals surface area contributed by atoms with Crippen LogP contribution >= 0.6 is 0 Å². The molecule has 0 N–H and O–H groups in total. The molecular formula is C24H25NO2. The first-order valence-electron chi connectivity index (χ1n) is 9.48. The molecule has 27 heavy (non-hydrogen) atoms. The van der Waals surface area contributed by atoms with Crippen LogP contribution in [0.4, 0.5) is 4.79 Å². The topological polar surface area (TPSA) is 29.5 Å². The van der Waals surface area contributed by atoms with Crippen LogP contribution in [0.2, 0.25) is 0 Å². The van der Waals surface area contributed by atoms with E-state index in [1.54, 1.807) is 4.90 Å². The smallest absolute Gasteiger partial charge is 0.410 e. The Balaban J connectivity index is 1.62. The predicted molar refractivity (Wildman–Crippen MR) is 110 cm³/mol. The monoisotopic (exact) mass is 359 g/mol. The fraction of sp³-hybridized carbons (Fsp3) is 0.292. The van der Waals surface area contributed by atoms with Gasteiger partial charge in [0.05, 0.1) is 0 Å². The van der Waals surface area contributed by atoms with E-state index in [-0.39, 0.29) is 6.09 Å². The third-order valence-corrected chi connectivity index (χ3v) is 4.97. The highest BCUT2D eigenvalue weighted by atomic mass is 16.6. The number of benzene rings is 3. The zero-order valence-corrected chi connectivity index (χ0v) is 16.2. The first-order chi connectivity index (χ1) is 12.9. The summed E-state index contributed by atoms with van der Waals surface area (Å²) in [5.41, 5.74) is 4.55. The van der Waals surface area contributed by atoms with E-state index >= 15 is 0 Å². The van der Waals surface area contributed by atoms with Crippen molar-refractivity contribution >= 4 is 16.9 Å². The lowest BCUT2D eigenvalue weighted by Crippen LogP contribution is -2.39. The summed E-state index contributed by atoms with van der Waals surface area (Å²) in [4.78, 5) is 14.2. The molecule has 1 amide bonds. The Morgan fingerprint density at radius 2 is 1.74 bits per heavy atom. The van der Waals surface area contributed by atoms with Crippen LogP contribution in [0.5, 0.6) is 0 Å². The average molecular weight is 359 g/mol. The van der Waals surface area contributed by atoms with E-state index < -0.39 is 5.60 Å². The Morgan fingerprint density at radius 3 is 2.56 bits per heavy atom. The molecule has 1 aliphatic rings. The Bertz CT molecular complexity index is 995. The van der Waals surface area contributed by atoms with Crippen molar-refractivity contribution < 1.29 is 9.53 Å². The highest BCUT2D eigenvalue weighted by Crippen LogP contribution is 2.31. The second-order valence-corrected chi connectivity index (χ2v) is 8.16. The SMILES string of the molecule is CC(C)(C)OC(=O)N1CCc2cc(-c3cccc4ccccc34)ccc2C1. The second-order valence-electron chi connectivity index (χ2n) is 8.16. The molecule has 0 radical (unpaired) electrons. The van der Waals surface area contributed by atoms with Crippen LogP contribution in [0.15, 0.2) is 60.7 Å². The molecule has 138 valence electrons. The number of ether oxygens (including phenoxy) is 1. The lowest BCUT2D eigenvalue weighted by atomic mass is 9.92. The van der Waals surface area contributed by atoms with E-state index in [0.717, 1.165) is 6.42 Å². The number of hydrogen-bond acceptors (Lipinski definition) is 2. The minimum Gasteiger partial charge on any atom is -0.444 e. The molecule has 3 nitrogen and oxygen atoms in total. The number of carbonyl (C=O) groups excluding carboxylic acids is 1. The highest BCUT2D eigenvalue weighted by Gasteiger charge is 2.25. The Kier molecular flexibility index (Phi) is 4.39. The van der Waals surface area contributed by atoms with Crippen molar-refractivity contribution in [2.75, 3.05) is 6.54 Å². The van der Waals surface area contributed by atoms with Crippen LogP contribution in [-0.4, -0.2) is 23.1 Å². The maximum Gasteiger partial charge on any atom is 0.410 e. The first-order valence-corrected chi connectivity index (χ1v) is 9.48. The van der Waals surface area contributed by atoms with Crippen molar-refractivity contribution in [3.63, 3.8) is 0 Å². The van der Waals surface area contributed by atoms with Crippen molar-refractivity contribution in [2.24, 2.45) is 0 Å². The quantitative estimate of drug-likeness (QED) is 0.549. The van der Waals surface area contributed by atoms with Gasteiger partial charge < -0.3 is 9.64 Å². The zero-order chi connectivity index (χ0) is 19.0. The summed E-state index contributed by atoms with van der Waals surface area (Å²) >= 11 is 0. The van der Waals surface area contributed by atoms with Gasteiger partial charge in [-0.25, -0.2) is 4.79 Å². The third kappa shape index (κ3) is 3.68. The van der Waals surface area contributed by atoms with Gasteiger partial charge in [0.15, 0.2) is 0 Å². The number of nitrogens with zero attached hydrogens (tertiary/aromatic N) is 1. The molecular weight excluding hydrogens is 334 g/mol. The molecule has 0 aromatic heterocycles. The summed E-state index contributed by atoms with van der Waals surface area (Å²) in [7, 11) is 0. The van der Waals surface area contributed by atoms with Gasteiger partial charge in [0.2, 0.25) is 0 Å². The summed E-state index contributed by atoms with van der Waals surface area (Å²) in [5.74, 6) is 0. The summed E-state index contributed by atoms with van der Waals surface area (Å²) in [5, 5.41) is 2.52. The average Bonchev–Trinajstić information content (AvgIpc) is 2.65. The second kappa shape index (κ2) is 6.73. The van der Waals surface area contributed by atoms with Gasteiger partial charge in [-0.2, -0.15) is 0 Å². The lowest BCUT2D eigenvalue weighted by molar-refractivity contribution is 0.0224. The third-order valence-electron chi connectivity index (χ3n) is 4.97. The maximum atomic E-state index is 12.4. The van der Waals surface area contributed by atoms with E-state index in [1.807, 2.05) is 20.8 Å². The van der Waals surface area contributed by atoms with Crippen LogP contribution in [0.25, 0.3) is 21.9 Å². The van der Waals surface area contributed by atoms with Gasteiger partial charge in [0.25, 0.3) is 0 Å². The van der Waals surface area contributed by atoms with Gasteiger partial charge in [-0.15, -0.1) is 0 Å². The lowest BCUT2D eigenvalue weighted by Gasteiger charge is -2.31. The van der Waals surface area contributed by atoms with Crippen LogP contribution < -0.4 is 0 Å². The molecule has 0 saturated heterocycles. The van der Waals surface area contributed by atoms with Gasteiger partial charge in [-0.05, 0) is 60.2 Å². The van der Waals surface area contributed by atoms with Gasteiger partial charge in [0, 0.05) is 13.1 Å². The molecule has 3 heteroatoms. The number of hydrogen-bond donors (Lipinski definition) is 0. The highest BCUT2D eigenvalue weighted by molar-refractivity contribution is 5.96. The van der Waals surface area contributed by atoms with E-state index in [1.165, 1.54) is 33.0 Å². The van der Waals surface area contributed by atoms with Crippen LogP contribution in [0.1, 0.15) is 31.9 Å². The molecule has 0 spiro atoms. The normalized spacial score (nSPS) is 14.1. The Morgan fingerprint density at radius 1 is 0.963 bits per heavy atom. The van der Waals surface area contributed by atoms with E-state index in [4.69, 9.17) is 4.74 Å². The van der Waals surface area contributed by atoms with Gasteiger partial charge >= 0.3 is 6.09 Å². The zero-order valence-electron chi connectivity index (χ0n) is 16.2. The van der Waals surface area contributed by atoms with E-state index in [2.05, 4.69) is 60.7 Å². The van der Waals surface area contributed by atoms with E-state index in [9.17, 15) is 4.79 Å². The fourth-order valence-electron chi connectivity index (χ4n) is 3.68. The standard InChI is InChI=1S/C24H25NO2/c1-24(2,3)27-23(26)25-14-13-18-15-19(11-12-20(18)16-25)22-10-6-8-17-7-4-5-9-21(17)22/h4-12,15H,13-14,16H2,1-3H3. The van der Waals surface area contributed by atoms with Crippen molar-refractivity contribution in [1.82, 2.24) is 4.90 Å². The summed E-state index contributed by atoms with van der Waals surface area (Å²) in [6, 6.07) is 21.5. The van der Waals surface area contributed by atoms with Crippen LogP contribution in [-0.2, 0) is 17.7 Å². The predicted octanol–water partition coefficient (Wildman–Crippen LogP) is 5.80. The minimum atomic E-state index is -0.463. The molecule has 1 heterocycles. The number of rotatable bonds is 1. The summed E-state index contributed by atoms with van der Waals surface area (Å²) in [6.45, 7) is 7.01. The maximum absolute atomic E-state index is 12.4. The number of fused-ring (bicyclic) bond motifs is 2. The molecule has 0 fully saturated rings. The van der Waals surface area contributed by atoms with Crippen molar-refractivity contribution in [2.45, 2.75) is 39.3 Å². The molecule has 3 aromatic rings. The number of amides is 1. The molecule has 0 saturated carbocycles.